The van der Waals surface area contributed by atoms with Crippen LogP contribution in [0.5, 0.6) is 0 Å². The molecule has 5 heteroatoms. The van der Waals surface area contributed by atoms with E-state index in [1.807, 2.05) is 19.4 Å². The molecule has 0 amide bonds. The van der Waals surface area contributed by atoms with Gasteiger partial charge >= 0.3 is 166 Å². The van der Waals surface area contributed by atoms with Crippen molar-refractivity contribution in [2.45, 2.75) is 12.8 Å². The zero-order valence-electron chi connectivity index (χ0n) is 16.3. The van der Waals surface area contributed by atoms with Crippen LogP contribution in [0.25, 0.3) is 0 Å². The summed E-state index contributed by atoms with van der Waals surface area (Å²) in [7, 11) is -0.256. The molecular formula is C23H25N4P. The molecule has 0 saturated carbocycles. The van der Waals surface area contributed by atoms with E-state index in [-0.39, 0.29) is 0 Å². The van der Waals surface area contributed by atoms with E-state index >= 15 is 0 Å². The summed E-state index contributed by atoms with van der Waals surface area (Å²) in [5, 5.41) is 11.0. The molecule has 0 fully saturated rings. The molecule has 0 aliphatic rings. The van der Waals surface area contributed by atoms with Crippen LogP contribution >= 0.6 is 7.26 Å². The first-order valence-corrected chi connectivity index (χ1v) is 12.1. The average molecular weight is 388 g/mol. The van der Waals surface area contributed by atoms with Crippen LogP contribution in [0.4, 0.5) is 0 Å². The molecule has 0 N–H and O–H groups in total. The van der Waals surface area contributed by atoms with Crippen LogP contribution in [0.2, 0.25) is 0 Å². The van der Waals surface area contributed by atoms with E-state index in [1.54, 1.807) is 4.68 Å². The van der Waals surface area contributed by atoms with E-state index in [1.165, 1.54) is 21.6 Å². The van der Waals surface area contributed by atoms with Gasteiger partial charge in [0.15, 0.2) is 0 Å². The zero-order valence-corrected chi connectivity index (χ0v) is 17.3. The van der Waals surface area contributed by atoms with Crippen LogP contribution in [0.1, 0.15) is 11.3 Å². The second-order valence-electron chi connectivity index (χ2n) is 7.29. The summed E-state index contributed by atoms with van der Waals surface area (Å²) in [6.45, 7) is 2.40. The molecule has 142 valence electrons. The van der Waals surface area contributed by atoms with Gasteiger partial charge in [-0.25, -0.2) is 0 Å². The van der Waals surface area contributed by atoms with Gasteiger partial charge < -0.3 is 0 Å². The predicted octanol–water partition coefficient (Wildman–Crippen LogP) is 2.65. The quantitative estimate of drug-likeness (QED) is 0.477. The number of aromatic nitrogens is 4. The summed E-state index contributed by atoms with van der Waals surface area (Å²) in [6.07, 6.45) is 5.75. The number of benzene rings is 2. The van der Waals surface area contributed by atoms with E-state index in [0.29, 0.717) is 0 Å². The fourth-order valence-electron chi connectivity index (χ4n) is 3.69. The second-order valence-corrected chi connectivity index (χ2v) is 11.2. The van der Waals surface area contributed by atoms with Crippen molar-refractivity contribution in [3.63, 3.8) is 0 Å². The fourth-order valence-corrected chi connectivity index (χ4v) is 7.14. The number of hydrogen-bond donors (Lipinski definition) is 0. The Hall–Kier alpha value is -2.84. The van der Waals surface area contributed by atoms with Crippen molar-refractivity contribution >= 4 is 23.3 Å². The van der Waals surface area contributed by atoms with Crippen LogP contribution in [0.15, 0.2) is 85.2 Å². The van der Waals surface area contributed by atoms with Crippen molar-refractivity contribution in [1.82, 2.24) is 20.0 Å². The standard InChI is InChI=1S/C23H25N4P/c1-27-18-20(25-26-27)14-13-19-15-16-24-23(17-19)28(2,21-9-5-3-6-10-21)22-11-7-4-8-12-22/h3-12,15-18,28H,13-14H2,1-2H3. The number of nitrogens with zero attached hydrogens (tertiary/aromatic N) is 4. The maximum absolute atomic E-state index is 4.85. The molecule has 0 unspecified atom stereocenters. The van der Waals surface area contributed by atoms with Crippen LogP contribution in [-0.4, -0.2) is 26.6 Å². The number of pyridine rings is 1. The van der Waals surface area contributed by atoms with Gasteiger partial charge in [-0.2, -0.15) is 0 Å². The molecule has 0 aliphatic heterocycles. The van der Waals surface area contributed by atoms with Crippen LogP contribution in [-0.2, 0) is 19.9 Å². The van der Waals surface area contributed by atoms with Crippen molar-refractivity contribution in [1.29, 1.82) is 0 Å². The van der Waals surface area contributed by atoms with Crippen molar-refractivity contribution < 1.29 is 0 Å². The molecular weight excluding hydrogens is 363 g/mol. The molecule has 0 bridgehead atoms. The Balaban J connectivity index is 1.71. The molecule has 4 aromatic rings. The monoisotopic (exact) mass is 388 g/mol. The van der Waals surface area contributed by atoms with Gasteiger partial charge in [0, 0.05) is 0 Å². The van der Waals surface area contributed by atoms with E-state index < -0.39 is 7.26 Å². The third kappa shape index (κ3) is 3.74. The van der Waals surface area contributed by atoms with Gasteiger partial charge in [-0.1, -0.05) is 0 Å². The summed E-state index contributed by atoms with van der Waals surface area (Å²) in [5.41, 5.74) is 3.51. The fraction of sp³-hybridized carbons (Fsp3) is 0.174. The SMILES string of the molecule is Cn1cc(CCc2ccnc([PH](C)(c3ccccc3)c3ccccc3)c2)nn1. The summed E-state index contributed by atoms with van der Waals surface area (Å²) >= 11 is 0. The van der Waals surface area contributed by atoms with Crippen molar-refractivity contribution in [2.75, 3.05) is 6.66 Å². The van der Waals surface area contributed by atoms with Crippen LogP contribution in [0, 0.1) is 0 Å². The first-order valence-electron chi connectivity index (χ1n) is 9.58. The predicted molar refractivity (Wildman–Crippen MR) is 119 cm³/mol. The molecule has 0 radical (unpaired) electrons. The summed E-state index contributed by atoms with van der Waals surface area (Å²) in [5.74, 6) is 0. The molecule has 0 saturated heterocycles. The Morgan fingerprint density at radius 2 is 1.50 bits per heavy atom. The van der Waals surface area contributed by atoms with E-state index in [9.17, 15) is 0 Å². The number of aryl methyl sites for hydroxylation is 3. The second kappa shape index (κ2) is 8.04. The Morgan fingerprint density at radius 1 is 0.857 bits per heavy atom. The van der Waals surface area contributed by atoms with Gasteiger partial charge in [0.2, 0.25) is 0 Å². The maximum atomic E-state index is 4.85. The molecule has 0 aliphatic carbocycles. The van der Waals surface area contributed by atoms with Crippen molar-refractivity contribution in [3.8, 4) is 0 Å². The van der Waals surface area contributed by atoms with Gasteiger partial charge in [-0.3, -0.25) is 0 Å². The van der Waals surface area contributed by atoms with Gasteiger partial charge in [0.25, 0.3) is 0 Å². The minimum absolute atomic E-state index is 0.881. The minimum atomic E-state index is -2.16. The first kappa shape index (κ1) is 18.5. The Kier molecular flexibility index (Phi) is 5.31. The van der Waals surface area contributed by atoms with Gasteiger partial charge in [0.1, 0.15) is 0 Å². The van der Waals surface area contributed by atoms with Crippen LogP contribution in [0.3, 0.4) is 0 Å². The Labute approximate surface area is 166 Å². The number of hydrogen-bond acceptors (Lipinski definition) is 3. The third-order valence-corrected chi connectivity index (χ3v) is 9.63. The molecule has 0 spiro atoms. The van der Waals surface area contributed by atoms with E-state index in [0.717, 1.165) is 18.5 Å². The number of rotatable bonds is 6. The van der Waals surface area contributed by atoms with Gasteiger partial charge in [-0.15, -0.1) is 0 Å². The average Bonchev–Trinajstić information content (AvgIpc) is 3.18. The van der Waals surface area contributed by atoms with Crippen molar-refractivity contribution in [2.24, 2.45) is 7.05 Å². The molecule has 4 nitrogen and oxygen atoms in total. The van der Waals surface area contributed by atoms with Gasteiger partial charge in [0.05, 0.1) is 0 Å². The third-order valence-electron chi connectivity index (χ3n) is 5.36. The van der Waals surface area contributed by atoms with Crippen LogP contribution < -0.4 is 16.0 Å². The van der Waals surface area contributed by atoms with E-state index in [2.05, 4.69) is 89.8 Å². The normalized spacial score (nSPS) is 12.1. The van der Waals surface area contributed by atoms with Gasteiger partial charge in [-0.05, 0) is 0 Å². The Bertz CT molecular complexity index is 1000. The van der Waals surface area contributed by atoms with Crippen molar-refractivity contribution in [3.05, 3.63) is 96.4 Å². The topological polar surface area (TPSA) is 43.6 Å². The molecule has 2 heterocycles. The zero-order chi connectivity index (χ0) is 19.4. The van der Waals surface area contributed by atoms with E-state index in [4.69, 9.17) is 4.98 Å². The molecule has 0 atom stereocenters. The molecule has 2 aromatic carbocycles. The summed E-state index contributed by atoms with van der Waals surface area (Å²) in [6, 6.07) is 26.0. The molecule has 4 rings (SSSR count). The first-order chi connectivity index (χ1) is 13.7. The Morgan fingerprint density at radius 3 is 2.07 bits per heavy atom. The molecule has 2 aromatic heterocycles. The summed E-state index contributed by atoms with van der Waals surface area (Å²) < 4.78 is 1.75. The molecule has 28 heavy (non-hydrogen) atoms. The summed E-state index contributed by atoms with van der Waals surface area (Å²) in [4.78, 5) is 4.85.